The maximum absolute atomic E-state index is 13.4. The van der Waals surface area contributed by atoms with Crippen molar-refractivity contribution in [1.29, 1.82) is 0 Å². The molecule has 180 valence electrons. The first-order valence-corrected chi connectivity index (χ1v) is 12.0. The van der Waals surface area contributed by atoms with E-state index in [1.54, 1.807) is 0 Å². The third-order valence-electron chi connectivity index (χ3n) is 7.37. The highest BCUT2D eigenvalue weighted by Crippen LogP contribution is 2.44. The van der Waals surface area contributed by atoms with E-state index in [0.29, 0.717) is 13.0 Å². The van der Waals surface area contributed by atoms with E-state index in [1.165, 1.54) is 22.1 Å². The minimum atomic E-state index is -0.149. The van der Waals surface area contributed by atoms with Crippen molar-refractivity contribution in [3.05, 3.63) is 41.6 Å². The van der Waals surface area contributed by atoms with Gasteiger partial charge in [-0.3, -0.25) is 9.59 Å². The molecule has 1 aliphatic carbocycles. The second-order valence-corrected chi connectivity index (χ2v) is 9.30. The van der Waals surface area contributed by atoms with Gasteiger partial charge in [0.25, 0.3) is 0 Å². The molecular formula is C26H36BrN3O3. The van der Waals surface area contributed by atoms with Crippen molar-refractivity contribution in [3.8, 4) is 0 Å². The molecule has 6 nitrogen and oxygen atoms in total. The summed E-state index contributed by atoms with van der Waals surface area (Å²) in [6.07, 6.45) is 6.52. The monoisotopic (exact) mass is 517 g/mol. The van der Waals surface area contributed by atoms with Crippen molar-refractivity contribution in [2.24, 2.45) is 5.92 Å². The summed E-state index contributed by atoms with van der Waals surface area (Å²) in [4.78, 5) is 30.8. The molecule has 1 aliphatic heterocycles. The van der Waals surface area contributed by atoms with Gasteiger partial charge in [-0.05, 0) is 38.0 Å². The molecule has 0 spiro atoms. The highest BCUT2D eigenvalue weighted by Gasteiger charge is 2.46. The highest BCUT2D eigenvalue weighted by molar-refractivity contribution is 5.99. The molecule has 0 saturated heterocycles. The van der Waals surface area contributed by atoms with Crippen LogP contribution in [-0.4, -0.2) is 72.1 Å². The maximum Gasteiger partial charge on any atom is 0.305 e. The van der Waals surface area contributed by atoms with Gasteiger partial charge in [0.2, 0.25) is 5.91 Å². The number of carbonyl (C=O) groups excluding carboxylic acids is 2. The molecule has 2 aliphatic rings. The number of ether oxygens (including phenoxy) is 1. The largest absolute Gasteiger partial charge is 1.00 e. The standard InChI is InChI=1S/C26H36N3O3.BrH/c1-5-28(6-2)26(31)19-14-21-20-10-8-11-22-25(20)18(16-27-22)15-23(21)29(4,17-19)13-9-12-24(30)32-7-3;/h8,10-11,14,16,19,23,27H,5-7,9,12-13,15,17H2,1-4H3;1H/q+1;/p-1/t19-,23-,29?;/m1./s1. The number of benzene rings is 1. The van der Waals surface area contributed by atoms with Gasteiger partial charge in [-0.1, -0.05) is 18.2 Å². The number of hydrogen-bond acceptors (Lipinski definition) is 3. The van der Waals surface area contributed by atoms with Gasteiger partial charge in [0.05, 0.1) is 33.2 Å². The van der Waals surface area contributed by atoms with Crippen molar-refractivity contribution in [2.75, 3.05) is 39.8 Å². The molecule has 1 N–H and O–H groups in total. The van der Waals surface area contributed by atoms with Crippen LogP contribution in [0, 0.1) is 5.92 Å². The summed E-state index contributed by atoms with van der Waals surface area (Å²) < 4.78 is 5.91. The summed E-state index contributed by atoms with van der Waals surface area (Å²) in [6.45, 7) is 9.41. The van der Waals surface area contributed by atoms with Gasteiger partial charge < -0.3 is 36.1 Å². The summed E-state index contributed by atoms with van der Waals surface area (Å²) in [5.74, 6) is -0.0730. The average molecular weight is 518 g/mol. The fourth-order valence-electron chi connectivity index (χ4n) is 5.74. The first-order chi connectivity index (χ1) is 15.4. The Labute approximate surface area is 207 Å². The van der Waals surface area contributed by atoms with E-state index in [4.69, 9.17) is 4.74 Å². The van der Waals surface area contributed by atoms with Crippen LogP contribution in [-0.2, 0) is 20.7 Å². The molecule has 7 heteroatoms. The van der Waals surface area contributed by atoms with Crippen LogP contribution in [0.1, 0.15) is 44.7 Å². The predicted octanol–water partition coefficient (Wildman–Crippen LogP) is 0.768. The van der Waals surface area contributed by atoms with E-state index in [9.17, 15) is 9.59 Å². The van der Waals surface area contributed by atoms with Gasteiger partial charge in [0.1, 0.15) is 12.0 Å². The SMILES string of the molecule is CCOC(=O)CCC[N+]1(C)C[C@H](C(=O)N(CC)CC)C=C2c3cccc4[nH]cc(c34)C[C@H]21.[Br-]. The topological polar surface area (TPSA) is 62.4 Å². The molecule has 33 heavy (non-hydrogen) atoms. The number of aromatic nitrogens is 1. The van der Waals surface area contributed by atoms with Crippen LogP contribution in [0.3, 0.4) is 0 Å². The molecule has 1 unspecified atom stereocenters. The number of aromatic amines is 1. The molecule has 0 radical (unpaired) electrons. The normalized spacial score (nSPS) is 23.3. The Hall–Kier alpha value is -2.12. The van der Waals surface area contributed by atoms with Crippen molar-refractivity contribution >= 4 is 28.4 Å². The number of H-pyrrole nitrogens is 1. The number of quaternary nitrogens is 1. The minimum absolute atomic E-state index is 0. The zero-order chi connectivity index (χ0) is 22.9. The number of nitrogens with zero attached hydrogens (tertiary/aromatic N) is 2. The average Bonchev–Trinajstić information content (AvgIpc) is 3.20. The molecular weight excluding hydrogens is 482 g/mol. The van der Waals surface area contributed by atoms with E-state index < -0.39 is 0 Å². The molecule has 0 saturated carbocycles. The molecule has 0 fully saturated rings. The van der Waals surface area contributed by atoms with E-state index in [1.807, 2.05) is 25.7 Å². The summed E-state index contributed by atoms with van der Waals surface area (Å²) in [5, 5.41) is 1.30. The zero-order valence-electron chi connectivity index (χ0n) is 20.2. The van der Waals surface area contributed by atoms with Gasteiger partial charge in [-0.15, -0.1) is 0 Å². The number of nitrogens with one attached hydrogen (secondary N) is 1. The number of likely N-dealkylation sites (N-methyl/N-ethyl adjacent to an activating group) is 1. The van der Waals surface area contributed by atoms with Gasteiger partial charge >= 0.3 is 5.97 Å². The van der Waals surface area contributed by atoms with Crippen LogP contribution in [0.25, 0.3) is 16.5 Å². The molecule has 3 atom stereocenters. The first kappa shape index (κ1) is 25.5. The molecule has 1 aromatic carbocycles. The number of fused-ring (bicyclic) bond motifs is 2. The van der Waals surface area contributed by atoms with Crippen molar-refractivity contribution < 1.29 is 35.8 Å². The number of halogens is 1. The van der Waals surface area contributed by atoms with Crippen LogP contribution in [0.5, 0.6) is 0 Å². The van der Waals surface area contributed by atoms with Crippen LogP contribution < -0.4 is 17.0 Å². The third kappa shape index (κ3) is 4.76. The molecule has 1 aromatic heterocycles. The number of esters is 1. The minimum Gasteiger partial charge on any atom is -1.00 e. The Morgan fingerprint density at radius 2 is 1.97 bits per heavy atom. The lowest BCUT2D eigenvalue weighted by Gasteiger charge is -2.49. The molecule has 2 aromatic rings. The van der Waals surface area contributed by atoms with Gasteiger partial charge in [-0.2, -0.15) is 0 Å². The summed E-state index contributed by atoms with van der Waals surface area (Å²) in [6, 6.07) is 6.71. The number of carbonyl (C=O) groups is 2. The van der Waals surface area contributed by atoms with Gasteiger partial charge in [-0.25, -0.2) is 0 Å². The van der Waals surface area contributed by atoms with Crippen molar-refractivity contribution in [2.45, 2.75) is 46.1 Å². The lowest BCUT2D eigenvalue weighted by molar-refractivity contribution is -0.928. The van der Waals surface area contributed by atoms with Crippen LogP contribution in [0.4, 0.5) is 0 Å². The van der Waals surface area contributed by atoms with E-state index in [2.05, 4.69) is 42.5 Å². The smallest absolute Gasteiger partial charge is 0.305 e. The Balaban J connectivity index is 0.00000306. The second-order valence-electron chi connectivity index (χ2n) is 9.30. The van der Waals surface area contributed by atoms with Crippen LogP contribution in [0.15, 0.2) is 30.5 Å². The quantitative estimate of drug-likeness (QED) is 0.415. The number of hydrogen-bond donors (Lipinski definition) is 1. The Morgan fingerprint density at radius 1 is 1.21 bits per heavy atom. The second kappa shape index (κ2) is 10.4. The lowest BCUT2D eigenvalue weighted by atomic mass is 9.78. The van der Waals surface area contributed by atoms with Crippen LogP contribution in [0.2, 0.25) is 0 Å². The molecule has 0 bridgehead atoms. The highest BCUT2D eigenvalue weighted by atomic mass is 79.9. The summed E-state index contributed by atoms with van der Waals surface area (Å²) in [5.41, 5.74) is 5.05. The van der Waals surface area contributed by atoms with E-state index in [-0.39, 0.29) is 40.8 Å². The number of rotatable bonds is 8. The third-order valence-corrected chi connectivity index (χ3v) is 7.37. The maximum atomic E-state index is 13.4. The molecule has 2 heterocycles. The Bertz CT molecular complexity index is 1040. The molecule has 4 rings (SSSR count). The van der Waals surface area contributed by atoms with Gasteiger partial charge in [0.15, 0.2) is 0 Å². The lowest BCUT2D eigenvalue weighted by Crippen LogP contribution is -3.00. The Morgan fingerprint density at radius 3 is 2.67 bits per heavy atom. The first-order valence-electron chi connectivity index (χ1n) is 12.0. The summed E-state index contributed by atoms with van der Waals surface area (Å²) in [7, 11) is 2.27. The van der Waals surface area contributed by atoms with Crippen molar-refractivity contribution in [1.82, 2.24) is 9.88 Å². The zero-order valence-corrected chi connectivity index (χ0v) is 21.8. The van der Waals surface area contributed by atoms with Gasteiger partial charge in [0, 0.05) is 48.6 Å². The predicted molar refractivity (Wildman–Crippen MR) is 127 cm³/mol. The fraction of sp³-hybridized carbons (Fsp3) is 0.538. The van der Waals surface area contributed by atoms with E-state index >= 15 is 0 Å². The fourth-order valence-corrected chi connectivity index (χ4v) is 5.74. The van der Waals surface area contributed by atoms with Crippen LogP contribution >= 0.6 is 0 Å². The molecule has 1 amide bonds. The van der Waals surface area contributed by atoms with Crippen molar-refractivity contribution in [3.63, 3.8) is 0 Å². The Kier molecular flexibility index (Phi) is 8.06. The van der Waals surface area contributed by atoms with E-state index in [0.717, 1.165) is 49.0 Å². The number of amides is 1. The summed E-state index contributed by atoms with van der Waals surface area (Å²) >= 11 is 0.